The number of aliphatic hydroxyl groups is 1. The molecule has 0 aliphatic heterocycles. The Bertz CT molecular complexity index is 449. The van der Waals surface area contributed by atoms with Gasteiger partial charge < -0.3 is 30.5 Å². The molecule has 1 rings (SSSR count). The minimum atomic E-state index is -1.04. The lowest BCUT2D eigenvalue weighted by Gasteiger charge is -2.15. The number of carbonyl (C=O) groups is 1. The maximum atomic E-state index is 10.3. The van der Waals surface area contributed by atoms with E-state index >= 15 is 0 Å². The van der Waals surface area contributed by atoms with Crippen LogP contribution in [0.2, 0.25) is 0 Å². The second kappa shape index (κ2) is 7.72. The molecule has 0 amide bonds. The lowest BCUT2D eigenvalue weighted by Crippen LogP contribution is -2.90. The number of hydrogen-bond donors (Lipinski definition) is 4. The predicted octanol–water partition coefficient (Wildman–Crippen LogP) is -0.997. The van der Waals surface area contributed by atoms with Crippen LogP contribution in [0.15, 0.2) is 18.2 Å². The average Bonchev–Trinajstić information content (AvgIpc) is 2.38. The minimum Gasteiger partial charge on any atom is -0.550 e. The van der Waals surface area contributed by atoms with Gasteiger partial charge in [0.2, 0.25) is 0 Å². The molecule has 0 spiro atoms. The number of carboxylic acids is 1. The Morgan fingerprint density at radius 3 is 2.65 bits per heavy atom. The first-order valence-electron chi connectivity index (χ1n) is 6.63. The Hall–Kier alpha value is -1.79. The van der Waals surface area contributed by atoms with Crippen molar-refractivity contribution in [2.24, 2.45) is 0 Å². The first kappa shape index (κ1) is 16.3. The number of benzene rings is 1. The molecule has 1 aromatic carbocycles. The van der Waals surface area contributed by atoms with E-state index in [4.69, 9.17) is 0 Å². The van der Waals surface area contributed by atoms with Crippen LogP contribution >= 0.6 is 0 Å². The normalized spacial score (nSPS) is 13.9. The summed E-state index contributed by atoms with van der Waals surface area (Å²) in [6, 6.07) is 4.40. The van der Waals surface area contributed by atoms with Gasteiger partial charge in [-0.3, -0.25) is 0 Å². The van der Waals surface area contributed by atoms with Crippen LogP contribution < -0.4 is 10.4 Å². The highest BCUT2D eigenvalue weighted by molar-refractivity contribution is 5.64. The maximum absolute atomic E-state index is 10.3. The fourth-order valence-corrected chi connectivity index (χ4v) is 1.93. The number of hydrogen-bond acceptors (Lipinski definition) is 5. The smallest absolute Gasteiger partial charge is 0.157 e. The number of phenolic OH excluding ortho intramolecular Hbond substituents is 2. The molecule has 0 saturated carbocycles. The van der Waals surface area contributed by atoms with Crippen LogP contribution in [0.1, 0.15) is 37.9 Å². The molecule has 2 unspecified atom stereocenters. The third kappa shape index (κ3) is 5.46. The highest BCUT2D eigenvalue weighted by Gasteiger charge is 2.14. The molecule has 0 aliphatic carbocycles. The van der Waals surface area contributed by atoms with Gasteiger partial charge in [0.1, 0.15) is 12.6 Å². The monoisotopic (exact) mass is 283 g/mol. The van der Waals surface area contributed by atoms with Gasteiger partial charge in [0.25, 0.3) is 0 Å². The van der Waals surface area contributed by atoms with E-state index in [-0.39, 0.29) is 24.0 Å². The van der Waals surface area contributed by atoms with Crippen LogP contribution in [0, 0.1) is 0 Å². The zero-order chi connectivity index (χ0) is 15.1. The molecule has 0 aromatic heterocycles. The predicted molar refractivity (Wildman–Crippen MR) is 69.8 cm³/mol. The van der Waals surface area contributed by atoms with Crippen LogP contribution in [-0.4, -0.2) is 33.9 Å². The maximum Gasteiger partial charge on any atom is 0.157 e. The summed E-state index contributed by atoms with van der Waals surface area (Å²) >= 11 is 0. The van der Waals surface area contributed by atoms with Gasteiger partial charge in [-0.05, 0) is 43.9 Å². The molecular weight excluding hydrogens is 262 g/mol. The van der Waals surface area contributed by atoms with Crippen LogP contribution in [0.25, 0.3) is 0 Å². The summed E-state index contributed by atoms with van der Waals surface area (Å²) in [5.74, 6) is -1.53. The van der Waals surface area contributed by atoms with Crippen molar-refractivity contribution in [1.29, 1.82) is 0 Å². The number of quaternary nitrogens is 1. The fourth-order valence-electron chi connectivity index (χ4n) is 1.93. The lowest BCUT2D eigenvalue weighted by molar-refractivity contribution is -0.693. The summed E-state index contributed by atoms with van der Waals surface area (Å²) in [5, 5.41) is 40.7. The summed E-state index contributed by atoms with van der Waals surface area (Å²) in [6.45, 7) is 2.35. The molecule has 6 nitrogen and oxygen atoms in total. The van der Waals surface area contributed by atoms with Crippen LogP contribution in [0.4, 0.5) is 0 Å². The van der Waals surface area contributed by atoms with Crippen molar-refractivity contribution in [2.45, 2.75) is 38.3 Å². The third-order valence-electron chi connectivity index (χ3n) is 3.19. The third-order valence-corrected chi connectivity index (χ3v) is 3.19. The summed E-state index contributed by atoms with van der Waals surface area (Å²) in [7, 11) is 0. The molecule has 6 heteroatoms. The Labute approximate surface area is 117 Å². The second-order valence-electron chi connectivity index (χ2n) is 4.98. The van der Waals surface area contributed by atoms with Gasteiger partial charge in [-0.25, -0.2) is 0 Å². The van der Waals surface area contributed by atoms with E-state index < -0.39 is 12.1 Å². The zero-order valence-electron chi connectivity index (χ0n) is 11.5. The molecule has 0 bridgehead atoms. The molecule has 0 aliphatic rings. The largest absolute Gasteiger partial charge is 0.550 e. The Kier molecular flexibility index (Phi) is 6.27. The van der Waals surface area contributed by atoms with Gasteiger partial charge in [0.15, 0.2) is 11.5 Å². The molecule has 0 saturated heterocycles. The van der Waals surface area contributed by atoms with Gasteiger partial charge in [-0.2, -0.15) is 0 Å². The summed E-state index contributed by atoms with van der Waals surface area (Å²) in [4.78, 5) is 10.3. The van der Waals surface area contributed by atoms with E-state index in [1.165, 1.54) is 12.1 Å². The summed E-state index contributed by atoms with van der Waals surface area (Å²) in [6.07, 6.45) is 0.564. The van der Waals surface area contributed by atoms with Crippen molar-refractivity contribution in [3.05, 3.63) is 23.8 Å². The molecule has 5 N–H and O–H groups in total. The number of phenols is 2. The number of aliphatic hydroxyl groups excluding tert-OH is 1. The number of rotatable bonds is 8. The van der Waals surface area contributed by atoms with E-state index in [2.05, 4.69) is 0 Å². The van der Waals surface area contributed by atoms with E-state index in [9.17, 15) is 25.2 Å². The average molecular weight is 283 g/mol. The molecule has 0 radical (unpaired) electrons. The summed E-state index contributed by atoms with van der Waals surface area (Å²) in [5.41, 5.74) is 0.526. The van der Waals surface area contributed by atoms with E-state index in [1.807, 2.05) is 12.2 Å². The number of aromatic hydroxyl groups is 2. The van der Waals surface area contributed by atoms with Crippen LogP contribution in [0.5, 0.6) is 11.5 Å². The molecule has 2 atom stereocenters. The highest BCUT2D eigenvalue weighted by atomic mass is 16.4. The van der Waals surface area contributed by atoms with Crippen LogP contribution in [0.3, 0.4) is 0 Å². The Morgan fingerprint density at radius 1 is 1.35 bits per heavy atom. The van der Waals surface area contributed by atoms with Gasteiger partial charge in [-0.15, -0.1) is 0 Å². The van der Waals surface area contributed by atoms with Crippen molar-refractivity contribution in [3.8, 4) is 11.5 Å². The molecule has 20 heavy (non-hydrogen) atoms. The number of carbonyl (C=O) groups excluding carboxylic acids is 1. The van der Waals surface area contributed by atoms with Crippen molar-refractivity contribution < 1.29 is 30.5 Å². The van der Waals surface area contributed by atoms with Crippen LogP contribution in [-0.2, 0) is 4.79 Å². The van der Waals surface area contributed by atoms with Gasteiger partial charge in [-0.1, -0.05) is 6.07 Å². The fraction of sp³-hybridized carbons (Fsp3) is 0.500. The Balaban J connectivity index is 2.36. The van der Waals surface area contributed by atoms with Crippen molar-refractivity contribution in [2.75, 3.05) is 6.54 Å². The number of aliphatic carboxylic acids is 1. The van der Waals surface area contributed by atoms with Gasteiger partial charge in [0.05, 0.1) is 6.04 Å². The number of nitrogens with two attached hydrogens (primary N) is 1. The van der Waals surface area contributed by atoms with Crippen molar-refractivity contribution in [3.63, 3.8) is 0 Å². The molecule has 1 aromatic rings. The zero-order valence-corrected chi connectivity index (χ0v) is 11.5. The van der Waals surface area contributed by atoms with E-state index in [1.54, 1.807) is 6.07 Å². The Morgan fingerprint density at radius 2 is 2.05 bits per heavy atom. The highest BCUT2D eigenvalue weighted by Crippen LogP contribution is 2.27. The lowest BCUT2D eigenvalue weighted by atomic mass is 10.1. The second-order valence-corrected chi connectivity index (χ2v) is 4.98. The van der Waals surface area contributed by atoms with E-state index in [0.29, 0.717) is 18.5 Å². The first-order chi connectivity index (χ1) is 9.40. The van der Waals surface area contributed by atoms with Crippen molar-refractivity contribution in [1.82, 2.24) is 0 Å². The van der Waals surface area contributed by atoms with E-state index in [0.717, 1.165) is 6.42 Å². The standard InChI is InChI=1S/C14H21NO5/c1-9(3-2-4-14(19)20)15-8-13(18)10-5-6-11(16)12(17)7-10/h5-7,9,13,15-18H,2-4,8H2,1H3,(H,19,20). The van der Waals surface area contributed by atoms with Gasteiger partial charge >= 0.3 is 0 Å². The first-order valence-corrected chi connectivity index (χ1v) is 6.63. The molecular formula is C14H21NO5. The quantitative estimate of drug-likeness (QED) is 0.457. The number of carboxylic acid groups (broad SMARTS) is 1. The molecule has 0 heterocycles. The SMILES string of the molecule is CC(CCCC(=O)[O-])[NH2+]CC(O)c1ccc(O)c(O)c1. The molecule has 112 valence electrons. The van der Waals surface area contributed by atoms with Gasteiger partial charge in [0, 0.05) is 5.97 Å². The topological polar surface area (TPSA) is 117 Å². The van der Waals surface area contributed by atoms with Crippen molar-refractivity contribution >= 4 is 5.97 Å². The summed E-state index contributed by atoms with van der Waals surface area (Å²) < 4.78 is 0. The molecule has 0 fully saturated rings. The minimum absolute atomic E-state index is 0.0482.